The van der Waals surface area contributed by atoms with Crippen LogP contribution in [0, 0.1) is 6.92 Å². The summed E-state index contributed by atoms with van der Waals surface area (Å²) in [5.74, 6) is 4.01. The van der Waals surface area contributed by atoms with E-state index in [1.807, 2.05) is 54.1 Å². The van der Waals surface area contributed by atoms with Crippen molar-refractivity contribution in [2.45, 2.75) is 20.3 Å². The fourth-order valence-corrected chi connectivity index (χ4v) is 2.63. The highest BCUT2D eigenvalue weighted by Gasteiger charge is 2.12. The van der Waals surface area contributed by atoms with Crippen molar-refractivity contribution in [1.29, 1.82) is 0 Å². The Morgan fingerprint density at radius 3 is 2.62 bits per heavy atom. The van der Waals surface area contributed by atoms with Crippen LogP contribution in [0.2, 0.25) is 0 Å². The van der Waals surface area contributed by atoms with Crippen LogP contribution >= 0.6 is 0 Å². The molecule has 120 valence electrons. The summed E-state index contributed by atoms with van der Waals surface area (Å²) in [7, 11) is 0. The van der Waals surface area contributed by atoms with Gasteiger partial charge < -0.3 is 4.42 Å². The van der Waals surface area contributed by atoms with Crippen LogP contribution in [-0.2, 0) is 6.42 Å². The zero-order valence-corrected chi connectivity index (χ0v) is 13.5. The largest absolute Gasteiger partial charge is 0.458 e. The maximum Gasteiger partial charge on any atom is 0.181 e. The van der Waals surface area contributed by atoms with Crippen LogP contribution in [0.25, 0.3) is 28.7 Å². The molecule has 0 spiro atoms. The van der Waals surface area contributed by atoms with Gasteiger partial charge in [0.1, 0.15) is 11.6 Å². The highest BCUT2D eigenvalue weighted by Crippen LogP contribution is 2.25. The third kappa shape index (κ3) is 2.52. The molecule has 0 radical (unpaired) electrons. The van der Waals surface area contributed by atoms with Gasteiger partial charge in [0.25, 0.3) is 0 Å². The molecule has 0 saturated carbocycles. The Morgan fingerprint density at radius 1 is 1.12 bits per heavy atom. The number of nitrogens with one attached hydrogen (secondary N) is 1. The third-order valence-corrected chi connectivity index (χ3v) is 3.87. The minimum Gasteiger partial charge on any atom is -0.458 e. The van der Waals surface area contributed by atoms with Gasteiger partial charge in [-0.05, 0) is 43.3 Å². The molecule has 24 heavy (non-hydrogen) atoms. The summed E-state index contributed by atoms with van der Waals surface area (Å²) in [5, 5.41) is 7.04. The Labute approximate surface area is 139 Å². The number of aromatic amines is 1. The number of aromatic nitrogens is 5. The van der Waals surface area contributed by atoms with Gasteiger partial charge in [-0.25, -0.2) is 9.97 Å². The summed E-state index contributed by atoms with van der Waals surface area (Å²) in [6.07, 6.45) is 4.57. The van der Waals surface area contributed by atoms with Crippen molar-refractivity contribution in [1.82, 2.24) is 24.7 Å². The SMILES string of the molecule is CCc1ccc(-c2nccn2-c2ccc(-c3n[nH]c(C)n3)cc2)o1. The minimum atomic E-state index is 0.698. The van der Waals surface area contributed by atoms with Crippen LogP contribution in [-0.4, -0.2) is 24.7 Å². The van der Waals surface area contributed by atoms with E-state index in [1.165, 1.54) is 0 Å². The summed E-state index contributed by atoms with van der Waals surface area (Å²) in [6, 6.07) is 12.0. The van der Waals surface area contributed by atoms with E-state index in [1.54, 1.807) is 6.20 Å². The molecule has 4 aromatic rings. The van der Waals surface area contributed by atoms with Gasteiger partial charge >= 0.3 is 0 Å². The van der Waals surface area contributed by atoms with Gasteiger partial charge in [0, 0.05) is 30.1 Å². The smallest absolute Gasteiger partial charge is 0.181 e. The van der Waals surface area contributed by atoms with E-state index < -0.39 is 0 Å². The molecule has 3 aromatic heterocycles. The first-order valence-corrected chi connectivity index (χ1v) is 7.87. The van der Waals surface area contributed by atoms with Gasteiger partial charge in [-0.2, -0.15) is 5.10 Å². The Bertz CT molecular complexity index is 961. The molecule has 6 nitrogen and oxygen atoms in total. The van der Waals surface area contributed by atoms with Crippen molar-refractivity contribution in [3.63, 3.8) is 0 Å². The molecular formula is C18H17N5O. The monoisotopic (exact) mass is 319 g/mol. The van der Waals surface area contributed by atoms with Gasteiger partial charge in [0.05, 0.1) is 0 Å². The molecule has 6 heteroatoms. The van der Waals surface area contributed by atoms with Crippen molar-refractivity contribution in [3.05, 3.63) is 60.4 Å². The number of benzene rings is 1. The molecule has 0 fully saturated rings. The highest BCUT2D eigenvalue weighted by molar-refractivity contribution is 5.59. The second-order valence-corrected chi connectivity index (χ2v) is 5.53. The van der Waals surface area contributed by atoms with E-state index in [4.69, 9.17) is 4.42 Å². The van der Waals surface area contributed by atoms with Crippen molar-refractivity contribution in [2.24, 2.45) is 0 Å². The Morgan fingerprint density at radius 2 is 1.96 bits per heavy atom. The number of H-pyrrole nitrogens is 1. The molecule has 0 unspecified atom stereocenters. The molecule has 0 amide bonds. The van der Waals surface area contributed by atoms with Crippen molar-refractivity contribution in [2.75, 3.05) is 0 Å². The van der Waals surface area contributed by atoms with Crippen LogP contribution in [0.5, 0.6) is 0 Å². The van der Waals surface area contributed by atoms with Gasteiger partial charge in [-0.3, -0.25) is 9.67 Å². The standard InChI is InChI=1S/C18H17N5O/c1-3-15-8-9-16(24-15)18-19-10-11-23(18)14-6-4-13(5-7-14)17-20-12(2)21-22-17/h4-11H,3H2,1-2H3,(H,20,21,22). The van der Waals surface area contributed by atoms with E-state index in [9.17, 15) is 0 Å². The van der Waals surface area contributed by atoms with E-state index in [-0.39, 0.29) is 0 Å². The Kier molecular flexibility index (Phi) is 3.49. The molecular weight excluding hydrogens is 302 g/mol. The number of hydrogen-bond acceptors (Lipinski definition) is 4. The molecule has 1 aromatic carbocycles. The average Bonchev–Trinajstić information content (AvgIpc) is 3.34. The van der Waals surface area contributed by atoms with Crippen molar-refractivity contribution < 1.29 is 4.42 Å². The molecule has 0 aliphatic rings. The molecule has 1 N–H and O–H groups in total. The zero-order valence-electron chi connectivity index (χ0n) is 13.5. The van der Waals surface area contributed by atoms with E-state index in [0.29, 0.717) is 5.82 Å². The fourth-order valence-electron chi connectivity index (χ4n) is 2.63. The van der Waals surface area contributed by atoms with Gasteiger partial charge in [-0.15, -0.1) is 0 Å². The number of rotatable bonds is 4. The minimum absolute atomic E-state index is 0.698. The predicted octanol–water partition coefficient (Wildman–Crippen LogP) is 3.79. The lowest BCUT2D eigenvalue weighted by Crippen LogP contribution is -1.95. The van der Waals surface area contributed by atoms with E-state index >= 15 is 0 Å². The maximum absolute atomic E-state index is 5.83. The van der Waals surface area contributed by atoms with Crippen molar-refractivity contribution in [3.8, 4) is 28.7 Å². The summed E-state index contributed by atoms with van der Waals surface area (Å²) >= 11 is 0. The van der Waals surface area contributed by atoms with Gasteiger partial charge in [-0.1, -0.05) is 6.92 Å². The molecule has 0 bridgehead atoms. The van der Waals surface area contributed by atoms with Crippen LogP contribution in [0.4, 0.5) is 0 Å². The van der Waals surface area contributed by atoms with Gasteiger partial charge in [0.15, 0.2) is 17.4 Å². The number of imidazole rings is 1. The fraction of sp³-hybridized carbons (Fsp3) is 0.167. The quantitative estimate of drug-likeness (QED) is 0.621. The summed E-state index contributed by atoms with van der Waals surface area (Å²) in [5.41, 5.74) is 1.98. The van der Waals surface area contributed by atoms with Crippen LogP contribution < -0.4 is 0 Å². The van der Waals surface area contributed by atoms with Crippen molar-refractivity contribution >= 4 is 0 Å². The molecule has 0 saturated heterocycles. The molecule has 0 aliphatic carbocycles. The first-order chi connectivity index (χ1) is 11.7. The lowest BCUT2D eigenvalue weighted by atomic mass is 10.2. The zero-order chi connectivity index (χ0) is 16.5. The first-order valence-electron chi connectivity index (χ1n) is 7.87. The van der Waals surface area contributed by atoms with Gasteiger partial charge in [0.2, 0.25) is 0 Å². The maximum atomic E-state index is 5.83. The number of nitrogens with zero attached hydrogens (tertiary/aromatic N) is 4. The molecule has 0 aliphatic heterocycles. The van der Waals surface area contributed by atoms with E-state index in [2.05, 4.69) is 27.1 Å². The van der Waals surface area contributed by atoms with Crippen LogP contribution in [0.3, 0.4) is 0 Å². The first kappa shape index (κ1) is 14.4. The van der Waals surface area contributed by atoms with E-state index in [0.717, 1.165) is 40.8 Å². The summed E-state index contributed by atoms with van der Waals surface area (Å²) in [4.78, 5) is 8.78. The number of furan rings is 1. The lowest BCUT2D eigenvalue weighted by Gasteiger charge is -2.06. The molecule has 3 heterocycles. The Hall–Kier alpha value is -3.15. The predicted molar refractivity (Wildman–Crippen MR) is 90.8 cm³/mol. The van der Waals surface area contributed by atoms with Crippen LogP contribution in [0.1, 0.15) is 18.5 Å². The summed E-state index contributed by atoms with van der Waals surface area (Å²) in [6.45, 7) is 3.95. The molecule has 4 rings (SSSR count). The number of aryl methyl sites for hydroxylation is 2. The number of hydrogen-bond donors (Lipinski definition) is 1. The summed E-state index contributed by atoms with van der Waals surface area (Å²) < 4.78 is 7.83. The Balaban J connectivity index is 1.68. The third-order valence-electron chi connectivity index (χ3n) is 3.87. The second-order valence-electron chi connectivity index (χ2n) is 5.53. The topological polar surface area (TPSA) is 72.5 Å². The van der Waals surface area contributed by atoms with Crippen LogP contribution in [0.15, 0.2) is 53.2 Å². The average molecular weight is 319 g/mol. The molecule has 0 atom stereocenters. The second kappa shape index (κ2) is 5.81. The highest BCUT2D eigenvalue weighted by atomic mass is 16.3. The normalized spacial score (nSPS) is 11.1. The lowest BCUT2D eigenvalue weighted by molar-refractivity contribution is 0.524.